The van der Waals surface area contributed by atoms with Crippen molar-refractivity contribution in [1.82, 2.24) is 9.88 Å². The SMILES string of the molecule is CC1CN(C(=O)c2ccc(F)nc2)CCS1. The molecule has 1 unspecified atom stereocenters. The lowest BCUT2D eigenvalue weighted by Gasteiger charge is -2.30. The van der Waals surface area contributed by atoms with Crippen molar-refractivity contribution in [2.45, 2.75) is 12.2 Å². The zero-order valence-corrected chi connectivity index (χ0v) is 9.84. The number of carbonyl (C=O) groups is 1. The molecule has 1 amide bonds. The fourth-order valence-electron chi connectivity index (χ4n) is 1.69. The molecule has 1 atom stereocenters. The first kappa shape index (κ1) is 11.4. The molecule has 16 heavy (non-hydrogen) atoms. The lowest BCUT2D eigenvalue weighted by Crippen LogP contribution is -2.41. The van der Waals surface area contributed by atoms with Gasteiger partial charge in [0.05, 0.1) is 5.56 Å². The van der Waals surface area contributed by atoms with Crippen LogP contribution in [-0.4, -0.2) is 39.9 Å². The van der Waals surface area contributed by atoms with Crippen LogP contribution in [0.5, 0.6) is 0 Å². The third-order valence-corrected chi connectivity index (χ3v) is 3.64. The number of thioether (sulfide) groups is 1. The van der Waals surface area contributed by atoms with Crippen molar-refractivity contribution in [3.05, 3.63) is 29.8 Å². The molecule has 86 valence electrons. The van der Waals surface area contributed by atoms with Gasteiger partial charge in [0, 0.05) is 30.3 Å². The molecule has 1 aliphatic rings. The number of nitrogens with zero attached hydrogens (tertiary/aromatic N) is 2. The number of amides is 1. The van der Waals surface area contributed by atoms with Crippen LogP contribution >= 0.6 is 11.8 Å². The third kappa shape index (κ3) is 2.52. The van der Waals surface area contributed by atoms with Crippen molar-refractivity contribution in [2.24, 2.45) is 0 Å². The zero-order valence-electron chi connectivity index (χ0n) is 9.02. The van der Waals surface area contributed by atoms with E-state index in [2.05, 4.69) is 11.9 Å². The van der Waals surface area contributed by atoms with Crippen molar-refractivity contribution in [3.63, 3.8) is 0 Å². The molecule has 0 aromatic carbocycles. The molecular weight excluding hydrogens is 227 g/mol. The first-order valence-corrected chi connectivity index (χ1v) is 6.24. The van der Waals surface area contributed by atoms with Crippen LogP contribution in [0.2, 0.25) is 0 Å². The standard InChI is InChI=1S/C11H13FN2OS/c1-8-7-14(4-5-16-8)11(15)9-2-3-10(12)13-6-9/h2-3,6,8H,4-5,7H2,1H3. The minimum atomic E-state index is -0.556. The molecule has 3 nitrogen and oxygen atoms in total. The highest BCUT2D eigenvalue weighted by Crippen LogP contribution is 2.19. The molecule has 1 aromatic rings. The summed E-state index contributed by atoms with van der Waals surface area (Å²) in [6.45, 7) is 3.61. The van der Waals surface area contributed by atoms with E-state index >= 15 is 0 Å². The molecule has 0 saturated carbocycles. The smallest absolute Gasteiger partial charge is 0.255 e. The van der Waals surface area contributed by atoms with Crippen molar-refractivity contribution < 1.29 is 9.18 Å². The lowest BCUT2D eigenvalue weighted by molar-refractivity contribution is 0.0762. The first-order valence-electron chi connectivity index (χ1n) is 5.19. The molecule has 1 saturated heterocycles. The summed E-state index contributed by atoms with van der Waals surface area (Å²) >= 11 is 1.87. The summed E-state index contributed by atoms with van der Waals surface area (Å²) < 4.78 is 12.6. The number of carbonyl (C=O) groups excluding carboxylic acids is 1. The number of hydrogen-bond donors (Lipinski definition) is 0. The Morgan fingerprint density at radius 1 is 1.62 bits per heavy atom. The third-order valence-electron chi connectivity index (χ3n) is 2.50. The normalized spacial score (nSPS) is 20.9. The molecule has 1 fully saturated rings. The van der Waals surface area contributed by atoms with Gasteiger partial charge in [-0.1, -0.05) is 6.92 Å². The molecule has 0 aliphatic carbocycles. The second-order valence-corrected chi connectivity index (χ2v) is 5.35. The van der Waals surface area contributed by atoms with Gasteiger partial charge in [-0.25, -0.2) is 4.98 Å². The quantitative estimate of drug-likeness (QED) is 0.702. The van der Waals surface area contributed by atoms with E-state index in [0.717, 1.165) is 18.8 Å². The van der Waals surface area contributed by atoms with E-state index in [1.54, 1.807) is 4.90 Å². The Bertz CT molecular complexity index is 382. The molecule has 2 rings (SSSR count). The molecular formula is C11H13FN2OS. The second kappa shape index (κ2) is 4.82. The number of pyridine rings is 1. The number of halogens is 1. The monoisotopic (exact) mass is 240 g/mol. The average Bonchev–Trinajstić information content (AvgIpc) is 2.29. The maximum absolute atomic E-state index is 12.6. The Balaban J connectivity index is 2.09. The highest BCUT2D eigenvalue weighted by molar-refractivity contribution is 7.99. The zero-order chi connectivity index (χ0) is 11.5. The molecule has 1 aromatic heterocycles. The van der Waals surface area contributed by atoms with Gasteiger partial charge >= 0.3 is 0 Å². The molecule has 1 aliphatic heterocycles. The summed E-state index contributed by atoms with van der Waals surface area (Å²) in [5, 5.41) is 0.464. The van der Waals surface area contributed by atoms with E-state index in [1.807, 2.05) is 11.8 Å². The molecule has 0 N–H and O–H groups in total. The van der Waals surface area contributed by atoms with Crippen LogP contribution in [0.25, 0.3) is 0 Å². The second-order valence-electron chi connectivity index (χ2n) is 3.80. The Kier molecular flexibility index (Phi) is 3.43. The van der Waals surface area contributed by atoms with Gasteiger partial charge < -0.3 is 4.90 Å². The van der Waals surface area contributed by atoms with Crippen LogP contribution in [0, 0.1) is 5.95 Å². The van der Waals surface area contributed by atoms with Crippen LogP contribution in [0.15, 0.2) is 18.3 Å². The Morgan fingerprint density at radius 3 is 3.06 bits per heavy atom. The van der Waals surface area contributed by atoms with Crippen LogP contribution < -0.4 is 0 Å². The van der Waals surface area contributed by atoms with Gasteiger partial charge in [-0.15, -0.1) is 0 Å². The van der Waals surface area contributed by atoms with E-state index in [0.29, 0.717) is 10.8 Å². The van der Waals surface area contributed by atoms with Gasteiger partial charge in [-0.05, 0) is 12.1 Å². The fourth-order valence-corrected chi connectivity index (χ4v) is 2.70. The largest absolute Gasteiger partial charge is 0.337 e. The van der Waals surface area contributed by atoms with Crippen molar-refractivity contribution in [1.29, 1.82) is 0 Å². The minimum absolute atomic E-state index is 0.0559. The highest BCUT2D eigenvalue weighted by atomic mass is 32.2. The van der Waals surface area contributed by atoms with Gasteiger partial charge in [-0.3, -0.25) is 4.79 Å². The number of hydrogen-bond acceptors (Lipinski definition) is 3. The van der Waals surface area contributed by atoms with Crippen LogP contribution in [0.3, 0.4) is 0 Å². The maximum Gasteiger partial charge on any atom is 0.255 e. The van der Waals surface area contributed by atoms with Gasteiger partial charge in [0.15, 0.2) is 0 Å². The summed E-state index contributed by atoms with van der Waals surface area (Å²) in [5.74, 6) is 0.348. The summed E-state index contributed by atoms with van der Waals surface area (Å²) in [5.41, 5.74) is 0.459. The number of aromatic nitrogens is 1. The molecule has 2 heterocycles. The van der Waals surface area contributed by atoms with Crippen molar-refractivity contribution in [3.8, 4) is 0 Å². The Morgan fingerprint density at radius 2 is 2.44 bits per heavy atom. The van der Waals surface area contributed by atoms with Gasteiger partial charge in [0.1, 0.15) is 0 Å². The van der Waals surface area contributed by atoms with E-state index in [-0.39, 0.29) is 5.91 Å². The molecule has 5 heteroatoms. The van der Waals surface area contributed by atoms with E-state index in [9.17, 15) is 9.18 Å². The van der Waals surface area contributed by atoms with Crippen LogP contribution in [0.4, 0.5) is 4.39 Å². The maximum atomic E-state index is 12.6. The van der Waals surface area contributed by atoms with E-state index < -0.39 is 5.95 Å². The average molecular weight is 240 g/mol. The Hall–Kier alpha value is -1.10. The summed E-state index contributed by atoms with van der Waals surface area (Å²) in [6, 6.07) is 2.70. The predicted molar refractivity (Wildman–Crippen MR) is 62.0 cm³/mol. The van der Waals surface area contributed by atoms with E-state index in [1.165, 1.54) is 18.3 Å². The first-order chi connectivity index (χ1) is 7.66. The molecule has 0 radical (unpaired) electrons. The van der Waals surface area contributed by atoms with Gasteiger partial charge in [-0.2, -0.15) is 16.2 Å². The predicted octanol–water partition coefficient (Wildman–Crippen LogP) is 1.80. The fraction of sp³-hybridized carbons (Fsp3) is 0.455. The topological polar surface area (TPSA) is 33.2 Å². The van der Waals surface area contributed by atoms with Crippen LogP contribution in [-0.2, 0) is 0 Å². The minimum Gasteiger partial charge on any atom is -0.337 e. The molecule has 0 bridgehead atoms. The van der Waals surface area contributed by atoms with Gasteiger partial charge in [0.25, 0.3) is 5.91 Å². The van der Waals surface area contributed by atoms with Crippen LogP contribution in [0.1, 0.15) is 17.3 Å². The van der Waals surface area contributed by atoms with Gasteiger partial charge in [0.2, 0.25) is 5.95 Å². The summed E-state index contributed by atoms with van der Waals surface area (Å²) in [6.07, 6.45) is 1.30. The summed E-state index contributed by atoms with van der Waals surface area (Å²) in [7, 11) is 0. The lowest BCUT2D eigenvalue weighted by atomic mass is 10.2. The highest BCUT2D eigenvalue weighted by Gasteiger charge is 2.22. The summed E-state index contributed by atoms with van der Waals surface area (Å²) in [4.78, 5) is 17.3. The van der Waals surface area contributed by atoms with Crippen molar-refractivity contribution >= 4 is 17.7 Å². The van der Waals surface area contributed by atoms with Crippen molar-refractivity contribution in [2.75, 3.05) is 18.8 Å². The molecule has 0 spiro atoms. The van der Waals surface area contributed by atoms with E-state index in [4.69, 9.17) is 0 Å². The number of rotatable bonds is 1. The Labute approximate surface area is 98.0 Å².